The monoisotopic (exact) mass is 221 g/mol. The summed E-state index contributed by atoms with van der Waals surface area (Å²) < 4.78 is 39.0. The summed E-state index contributed by atoms with van der Waals surface area (Å²) in [5.74, 6) is 0. The van der Waals surface area contributed by atoms with Gasteiger partial charge in [0.05, 0.1) is 0 Å². The van der Waals surface area contributed by atoms with Crippen molar-refractivity contribution in [3.05, 3.63) is 17.5 Å². The number of nitrogens with zero attached hydrogens (tertiary/aromatic N) is 3. The second-order valence-corrected chi connectivity index (χ2v) is 3.59. The van der Waals surface area contributed by atoms with Crippen LogP contribution in [-0.2, 0) is 19.3 Å². The Morgan fingerprint density at radius 1 is 1.40 bits per heavy atom. The molecular weight excluding hydrogens is 207 g/mol. The molecule has 3 nitrogen and oxygen atoms in total. The first-order valence-electron chi connectivity index (χ1n) is 4.62. The zero-order valence-electron chi connectivity index (χ0n) is 8.97. The van der Waals surface area contributed by atoms with E-state index >= 15 is 0 Å². The standard InChI is InChI=1S/C9H14F3N3/c1-4-15-6-7(5-14(2)3)8(13-15)9(10,11)12/h6H,4-5H2,1-3H3. The molecule has 0 radical (unpaired) electrons. The SMILES string of the molecule is CCn1cc(CN(C)C)c(C(F)(F)F)n1. The number of hydrogen-bond acceptors (Lipinski definition) is 2. The van der Waals surface area contributed by atoms with Gasteiger partial charge in [0.1, 0.15) is 0 Å². The Hall–Kier alpha value is -1.04. The molecule has 0 N–H and O–H groups in total. The molecule has 86 valence electrons. The molecule has 0 saturated carbocycles. The first kappa shape index (κ1) is 12.0. The Morgan fingerprint density at radius 3 is 2.40 bits per heavy atom. The molecule has 0 saturated heterocycles. The molecule has 1 aromatic heterocycles. The van der Waals surface area contributed by atoms with Crippen molar-refractivity contribution in [2.75, 3.05) is 14.1 Å². The molecule has 6 heteroatoms. The van der Waals surface area contributed by atoms with Crippen LogP contribution >= 0.6 is 0 Å². The fourth-order valence-electron chi connectivity index (χ4n) is 1.32. The normalized spacial score (nSPS) is 12.5. The lowest BCUT2D eigenvalue weighted by Gasteiger charge is -2.10. The predicted molar refractivity (Wildman–Crippen MR) is 50.3 cm³/mol. The highest BCUT2D eigenvalue weighted by Crippen LogP contribution is 2.31. The van der Waals surface area contributed by atoms with Gasteiger partial charge in [-0.25, -0.2) is 0 Å². The number of halogens is 3. The van der Waals surface area contributed by atoms with E-state index in [0.29, 0.717) is 6.54 Å². The molecular formula is C9H14F3N3. The van der Waals surface area contributed by atoms with Crippen LogP contribution in [0.3, 0.4) is 0 Å². The Balaban J connectivity index is 3.06. The van der Waals surface area contributed by atoms with Crippen molar-refractivity contribution < 1.29 is 13.2 Å². The summed E-state index contributed by atoms with van der Waals surface area (Å²) in [7, 11) is 3.45. The van der Waals surface area contributed by atoms with E-state index in [-0.39, 0.29) is 12.1 Å². The van der Waals surface area contributed by atoms with Crippen molar-refractivity contribution >= 4 is 0 Å². The topological polar surface area (TPSA) is 21.1 Å². The first-order chi connectivity index (χ1) is 6.84. The third-order valence-corrected chi connectivity index (χ3v) is 1.92. The summed E-state index contributed by atoms with van der Waals surface area (Å²) in [5.41, 5.74) is -0.563. The molecule has 0 amide bonds. The minimum Gasteiger partial charge on any atom is -0.305 e. The van der Waals surface area contributed by atoms with Crippen molar-refractivity contribution in [1.29, 1.82) is 0 Å². The van der Waals surface area contributed by atoms with Gasteiger partial charge in [0.2, 0.25) is 0 Å². The Kier molecular flexibility index (Phi) is 3.38. The molecule has 0 aliphatic heterocycles. The van der Waals surface area contributed by atoms with Crippen LogP contribution < -0.4 is 0 Å². The summed E-state index contributed by atoms with van der Waals surface area (Å²) in [5, 5.41) is 3.52. The van der Waals surface area contributed by atoms with Crippen LogP contribution in [0.25, 0.3) is 0 Å². The predicted octanol–water partition coefficient (Wildman–Crippen LogP) is 1.98. The van der Waals surface area contributed by atoms with Crippen molar-refractivity contribution in [2.24, 2.45) is 0 Å². The number of aromatic nitrogens is 2. The Morgan fingerprint density at radius 2 is 2.00 bits per heavy atom. The molecule has 1 heterocycles. The number of hydrogen-bond donors (Lipinski definition) is 0. The summed E-state index contributed by atoms with van der Waals surface area (Å²) in [6.45, 7) is 2.44. The van der Waals surface area contributed by atoms with E-state index in [0.717, 1.165) is 0 Å². The van der Waals surface area contributed by atoms with Crippen molar-refractivity contribution in [3.8, 4) is 0 Å². The summed E-state index contributed by atoms with van der Waals surface area (Å²) in [4.78, 5) is 1.69. The first-order valence-corrected chi connectivity index (χ1v) is 4.62. The maximum atomic E-state index is 12.6. The van der Waals surface area contributed by atoms with E-state index < -0.39 is 11.9 Å². The van der Waals surface area contributed by atoms with E-state index in [9.17, 15) is 13.2 Å². The highest BCUT2D eigenvalue weighted by Gasteiger charge is 2.36. The van der Waals surface area contributed by atoms with Crippen LogP contribution in [0, 0.1) is 0 Å². The van der Waals surface area contributed by atoms with Gasteiger partial charge >= 0.3 is 6.18 Å². The molecule has 0 spiro atoms. The summed E-state index contributed by atoms with van der Waals surface area (Å²) in [6, 6.07) is 0. The van der Waals surface area contributed by atoms with Crippen LogP contribution in [0.5, 0.6) is 0 Å². The molecule has 15 heavy (non-hydrogen) atoms. The lowest BCUT2D eigenvalue weighted by Crippen LogP contribution is -2.15. The molecule has 1 rings (SSSR count). The van der Waals surface area contributed by atoms with Crippen LogP contribution in [0.4, 0.5) is 13.2 Å². The van der Waals surface area contributed by atoms with Gasteiger partial charge in [-0.15, -0.1) is 0 Å². The quantitative estimate of drug-likeness (QED) is 0.778. The van der Waals surface area contributed by atoms with Crippen LogP contribution in [-0.4, -0.2) is 28.8 Å². The Labute approximate surface area is 86.5 Å². The van der Waals surface area contributed by atoms with Crippen LogP contribution in [0.15, 0.2) is 6.20 Å². The van der Waals surface area contributed by atoms with Gasteiger partial charge in [0, 0.05) is 24.8 Å². The van der Waals surface area contributed by atoms with Crippen LogP contribution in [0.2, 0.25) is 0 Å². The van der Waals surface area contributed by atoms with E-state index in [1.807, 2.05) is 0 Å². The van der Waals surface area contributed by atoms with Crippen molar-refractivity contribution in [3.63, 3.8) is 0 Å². The number of aryl methyl sites for hydroxylation is 1. The molecule has 0 atom stereocenters. The van der Waals surface area contributed by atoms with E-state index in [4.69, 9.17) is 0 Å². The zero-order chi connectivity index (χ0) is 11.6. The van der Waals surface area contributed by atoms with Crippen molar-refractivity contribution in [1.82, 2.24) is 14.7 Å². The highest BCUT2D eigenvalue weighted by molar-refractivity contribution is 5.19. The molecule has 0 unspecified atom stereocenters. The minimum absolute atomic E-state index is 0.217. The molecule has 0 aliphatic rings. The average Bonchev–Trinajstić information content (AvgIpc) is 2.45. The largest absolute Gasteiger partial charge is 0.435 e. The average molecular weight is 221 g/mol. The maximum Gasteiger partial charge on any atom is 0.435 e. The maximum absolute atomic E-state index is 12.6. The van der Waals surface area contributed by atoms with Crippen LogP contribution in [0.1, 0.15) is 18.2 Å². The third-order valence-electron chi connectivity index (χ3n) is 1.92. The molecule has 0 fully saturated rings. The van der Waals surface area contributed by atoms with Gasteiger partial charge in [0.25, 0.3) is 0 Å². The van der Waals surface area contributed by atoms with Gasteiger partial charge in [-0.2, -0.15) is 18.3 Å². The Bertz CT molecular complexity index is 328. The fourth-order valence-corrected chi connectivity index (χ4v) is 1.32. The smallest absolute Gasteiger partial charge is 0.305 e. The molecule has 0 aromatic carbocycles. The van der Waals surface area contributed by atoms with Gasteiger partial charge in [0.15, 0.2) is 5.69 Å². The molecule has 0 aliphatic carbocycles. The van der Waals surface area contributed by atoms with E-state index in [2.05, 4.69) is 5.10 Å². The van der Waals surface area contributed by atoms with Gasteiger partial charge < -0.3 is 4.90 Å². The van der Waals surface area contributed by atoms with E-state index in [1.165, 1.54) is 10.9 Å². The van der Waals surface area contributed by atoms with Crippen molar-refractivity contribution in [2.45, 2.75) is 26.2 Å². The number of alkyl halides is 3. The van der Waals surface area contributed by atoms with Gasteiger partial charge in [-0.05, 0) is 21.0 Å². The fraction of sp³-hybridized carbons (Fsp3) is 0.667. The second-order valence-electron chi connectivity index (χ2n) is 3.59. The lowest BCUT2D eigenvalue weighted by atomic mass is 10.2. The zero-order valence-corrected chi connectivity index (χ0v) is 8.97. The minimum atomic E-state index is -4.37. The summed E-state index contributed by atoms with van der Waals surface area (Å²) >= 11 is 0. The molecule has 1 aromatic rings. The number of rotatable bonds is 3. The second kappa shape index (κ2) is 4.22. The van der Waals surface area contributed by atoms with Gasteiger partial charge in [-0.3, -0.25) is 4.68 Å². The lowest BCUT2D eigenvalue weighted by molar-refractivity contribution is -0.142. The third kappa shape index (κ3) is 2.95. The molecule has 0 bridgehead atoms. The highest BCUT2D eigenvalue weighted by atomic mass is 19.4. The van der Waals surface area contributed by atoms with Gasteiger partial charge in [-0.1, -0.05) is 0 Å². The van der Waals surface area contributed by atoms with E-state index in [1.54, 1.807) is 25.9 Å². The summed E-state index contributed by atoms with van der Waals surface area (Å²) in [6.07, 6.45) is -2.92.